The van der Waals surface area contributed by atoms with Crippen molar-refractivity contribution in [3.63, 3.8) is 0 Å². The van der Waals surface area contributed by atoms with E-state index in [2.05, 4.69) is 25.9 Å². The lowest BCUT2D eigenvalue weighted by atomic mass is 10.2. The maximum Gasteiger partial charge on any atom is 0.219 e. The Morgan fingerprint density at radius 1 is 1.20 bits per heavy atom. The molecule has 0 aliphatic rings. The fourth-order valence-electron chi connectivity index (χ4n) is 1.59. The van der Waals surface area contributed by atoms with E-state index in [1.54, 1.807) is 6.07 Å². The predicted molar refractivity (Wildman–Crippen MR) is 80.2 cm³/mol. The van der Waals surface area contributed by atoms with Gasteiger partial charge in [-0.15, -0.1) is 0 Å². The summed E-state index contributed by atoms with van der Waals surface area (Å²) in [6.45, 7) is 3.25. The van der Waals surface area contributed by atoms with Gasteiger partial charge in [0.05, 0.1) is 0 Å². The maximum atomic E-state index is 5.73. The molecule has 0 unspecified atom stereocenters. The van der Waals surface area contributed by atoms with Crippen molar-refractivity contribution in [2.45, 2.75) is 20.1 Å². The van der Waals surface area contributed by atoms with E-state index in [0.717, 1.165) is 10.0 Å². The van der Waals surface area contributed by atoms with E-state index in [-0.39, 0.29) is 0 Å². The van der Waals surface area contributed by atoms with Crippen molar-refractivity contribution < 1.29 is 9.47 Å². The van der Waals surface area contributed by atoms with Crippen molar-refractivity contribution in [3.05, 3.63) is 46.2 Å². The molecule has 0 radical (unpaired) electrons. The Morgan fingerprint density at radius 3 is 2.75 bits per heavy atom. The van der Waals surface area contributed by atoms with E-state index in [1.165, 1.54) is 0 Å². The third-order valence-corrected chi connectivity index (χ3v) is 3.31. The molecule has 2 rings (SSSR count). The minimum atomic E-state index is 0.326. The summed E-state index contributed by atoms with van der Waals surface area (Å²) < 4.78 is 11.9. The maximum absolute atomic E-state index is 5.73. The van der Waals surface area contributed by atoms with Gasteiger partial charge in [0.15, 0.2) is 5.82 Å². The van der Waals surface area contributed by atoms with E-state index in [4.69, 9.17) is 15.2 Å². The molecular weight excluding hydrogens is 322 g/mol. The number of hydrogen-bond acceptors (Lipinski definition) is 5. The zero-order valence-electron chi connectivity index (χ0n) is 11.2. The van der Waals surface area contributed by atoms with Crippen LogP contribution in [0.2, 0.25) is 0 Å². The van der Waals surface area contributed by atoms with Gasteiger partial charge in [-0.05, 0) is 13.0 Å². The Hall–Kier alpha value is -1.66. The van der Waals surface area contributed by atoms with Crippen molar-refractivity contribution >= 4 is 21.7 Å². The molecular formula is C14H16BrN3O2. The van der Waals surface area contributed by atoms with E-state index in [0.29, 0.717) is 37.3 Å². The Bertz CT molecular complexity index is 578. The molecule has 106 valence electrons. The van der Waals surface area contributed by atoms with Crippen LogP contribution in [-0.2, 0) is 18.0 Å². The summed E-state index contributed by atoms with van der Waals surface area (Å²) in [5, 5.41) is 0. The SMILES string of the molecule is CCOCc1nc(N)cc(OCc2ccccc2Br)n1. The van der Waals surface area contributed by atoms with Gasteiger partial charge in [-0.3, -0.25) is 0 Å². The molecule has 0 aliphatic carbocycles. The summed E-state index contributed by atoms with van der Waals surface area (Å²) in [5.41, 5.74) is 6.77. The molecule has 0 bridgehead atoms. The fourth-order valence-corrected chi connectivity index (χ4v) is 1.99. The molecule has 0 saturated heterocycles. The summed E-state index contributed by atoms with van der Waals surface area (Å²) in [6.07, 6.45) is 0. The average Bonchev–Trinajstić information content (AvgIpc) is 2.44. The first-order chi connectivity index (χ1) is 9.69. The van der Waals surface area contributed by atoms with Crippen LogP contribution in [0.5, 0.6) is 5.88 Å². The summed E-state index contributed by atoms with van der Waals surface area (Å²) in [7, 11) is 0. The van der Waals surface area contributed by atoms with Crippen molar-refractivity contribution in [3.8, 4) is 5.88 Å². The van der Waals surface area contributed by atoms with Crippen LogP contribution in [-0.4, -0.2) is 16.6 Å². The summed E-state index contributed by atoms with van der Waals surface area (Å²) in [6, 6.07) is 9.46. The largest absolute Gasteiger partial charge is 0.473 e. The summed E-state index contributed by atoms with van der Waals surface area (Å²) in [5.74, 6) is 1.34. The molecule has 1 aromatic heterocycles. The number of ether oxygens (including phenoxy) is 2. The topological polar surface area (TPSA) is 70.3 Å². The highest BCUT2D eigenvalue weighted by molar-refractivity contribution is 9.10. The molecule has 1 aromatic carbocycles. The van der Waals surface area contributed by atoms with Crippen LogP contribution >= 0.6 is 15.9 Å². The number of benzene rings is 1. The highest BCUT2D eigenvalue weighted by atomic mass is 79.9. The number of anilines is 1. The first kappa shape index (κ1) is 14.7. The van der Waals surface area contributed by atoms with E-state index in [1.807, 2.05) is 31.2 Å². The normalized spacial score (nSPS) is 10.5. The standard InChI is InChI=1S/C14H16BrN3O2/c1-2-19-9-13-17-12(16)7-14(18-13)20-8-10-5-3-4-6-11(10)15/h3-7H,2,8-9H2,1H3,(H2,16,17,18). The highest BCUT2D eigenvalue weighted by Gasteiger charge is 2.05. The van der Waals surface area contributed by atoms with Crippen LogP contribution in [0.3, 0.4) is 0 Å². The molecule has 0 spiro atoms. The van der Waals surface area contributed by atoms with Crippen LogP contribution in [0.1, 0.15) is 18.3 Å². The quantitative estimate of drug-likeness (QED) is 0.877. The van der Waals surface area contributed by atoms with Crippen LogP contribution in [0, 0.1) is 0 Å². The fraction of sp³-hybridized carbons (Fsp3) is 0.286. The second kappa shape index (κ2) is 7.21. The minimum absolute atomic E-state index is 0.326. The zero-order chi connectivity index (χ0) is 14.4. The van der Waals surface area contributed by atoms with E-state index in [9.17, 15) is 0 Å². The first-order valence-corrected chi connectivity index (χ1v) is 7.05. The van der Waals surface area contributed by atoms with Crippen molar-refractivity contribution in [1.82, 2.24) is 9.97 Å². The van der Waals surface area contributed by atoms with Gasteiger partial charge in [0.1, 0.15) is 19.0 Å². The molecule has 0 amide bonds. The molecule has 0 fully saturated rings. The van der Waals surface area contributed by atoms with Gasteiger partial charge < -0.3 is 15.2 Å². The van der Waals surface area contributed by atoms with Gasteiger partial charge in [0.2, 0.25) is 5.88 Å². The van der Waals surface area contributed by atoms with Crippen LogP contribution in [0.15, 0.2) is 34.8 Å². The molecule has 5 nitrogen and oxygen atoms in total. The number of rotatable bonds is 6. The average molecular weight is 338 g/mol. The number of nitrogen functional groups attached to an aromatic ring is 1. The van der Waals surface area contributed by atoms with Gasteiger partial charge in [-0.1, -0.05) is 34.1 Å². The predicted octanol–water partition coefficient (Wildman–Crippen LogP) is 2.94. The van der Waals surface area contributed by atoms with Crippen LogP contribution < -0.4 is 10.5 Å². The Kier molecular flexibility index (Phi) is 5.31. The third-order valence-electron chi connectivity index (χ3n) is 2.54. The second-order valence-corrected chi connectivity index (χ2v) is 4.92. The van der Waals surface area contributed by atoms with Crippen LogP contribution in [0.4, 0.5) is 5.82 Å². The highest BCUT2D eigenvalue weighted by Crippen LogP contribution is 2.19. The van der Waals surface area contributed by atoms with E-state index >= 15 is 0 Å². The molecule has 0 atom stereocenters. The molecule has 1 heterocycles. The molecule has 6 heteroatoms. The Morgan fingerprint density at radius 2 is 2.00 bits per heavy atom. The van der Waals surface area contributed by atoms with Gasteiger partial charge in [0.25, 0.3) is 0 Å². The molecule has 0 saturated carbocycles. The molecule has 0 aliphatic heterocycles. The lowest BCUT2D eigenvalue weighted by Crippen LogP contribution is -2.05. The lowest BCUT2D eigenvalue weighted by Gasteiger charge is -2.09. The second-order valence-electron chi connectivity index (χ2n) is 4.06. The molecule has 2 N–H and O–H groups in total. The van der Waals surface area contributed by atoms with Gasteiger partial charge >= 0.3 is 0 Å². The van der Waals surface area contributed by atoms with Gasteiger partial charge in [-0.25, -0.2) is 4.98 Å². The van der Waals surface area contributed by atoms with Crippen LogP contribution in [0.25, 0.3) is 0 Å². The lowest BCUT2D eigenvalue weighted by molar-refractivity contribution is 0.127. The van der Waals surface area contributed by atoms with Gasteiger partial charge in [0, 0.05) is 22.7 Å². The van der Waals surface area contributed by atoms with Crippen molar-refractivity contribution in [1.29, 1.82) is 0 Å². The first-order valence-electron chi connectivity index (χ1n) is 6.26. The Balaban J connectivity index is 2.05. The number of halogens is 1. The Labute approximate surface area is 126 Å². The van der Waals surface area contributed by atoms with E-state index < -0.39 is 0 Å². The third kappa shape index (κ3) is 4.18. The number of nitrogens with two attached hydrogens (primary N) is 1. The van der Waals surface area contributed by atoms with Crippen molar-refractivity contribution in [2.75, 3.05) is 12.3 Å². The number of nitrogens with zero attached hydrogens (tertiary/aromatic N) is 2. The smallest absolute Gasteiger partial charge is 0.219 e. The minimum Gasteiger partial charge on any atom is -0.473 e. The molecule has 20 heavy (non-hydrogen) atoms. The monoisotopic (exact) mass is 337 g/mol. The summed E-state index contributed by atoms with van der Waals surface area (Å²) >= 11 is 3.48. The number of aromatic nitrogens is 2. The van der Waals surface area contributed by atoms with Crippen molar-refractivity contribution in [2.24, 2.45) is 0 Å². The number of hydrogen-bond donors (Lipinski definition) is 1. The zero-order valence-corrected chi connectivity index (χ0v) is 12.8. The molecule has 2 aromatic rings. The van der Waals surface area contributed by atoms with Gasteiger partial charge in [-0.2, -0.15) is 4.98 Å². The summed E-state index contributed by atoms with van der Waals surface area (Å²) in [4.78, 5) is 8.36.